The molecule has 0 fully saturated rings. The summed E-state index contributed by atoms with van der Waals surface area (Å²) in [5.74, 6) is -0.0636. The van der Waals surface area contributed by atoms with E-state index in [1.54, 1.807) is 0 Å². The minimum Gasteiger partial charge on any atom is -0.506 e. The fraction of sp³-hybridized carbons (Fsp3) is 0.571. The molecule has 6 heteroatoms. The van der Waals surface area contributed by atoms with E-state index >= 15 is 0 Å². The number of benzene rings is 1. The summed E-state index contributed by atoms with van der Waals surface area (Å²) in [5, 5.41) is 9.96. The Balaban J connectivity index is 2.43. The van der Waals surface area contributed by atoms with Gasteiger partial charge in [0.05, 0.1) is 11.4 Å². The summed E-state index contributed by atoms with van der Waals surface area (Å²) in [6, 6.07) is 4.27. The summed E-state index contributed by atoms with van der Waals surface area (Å²) >= 11 is 5.78. The number of sulfonamides is 1. The van der Waals surface area contributed by atoms with E-state index in [0.29, 0.717) is 11.4 Å². The zero-order valence-electron chi connectivity index (χ0n) is 11.7. The molecule has 0 heterocycles. The second-order valence-electron chi connectivity index (χ2n) is 4.85. The van der Waals surface area contributed by atoms with Crippen LogP contribution >= 0.6 is 11.6 Å². The van der Waals surface area contributed by atoms with E-state index in [9.17, 15) is 13.5 Å². The topological polar surface area (TPSA) is 66.4 Å². The lowest BCUT2D eigenvalue weighted by molar-refractivity contribution is 0.477. The normalized spacial score (nSPS) is 11.5. The molecular formula is C14H22ClNO3S. The van der Waals surface area contributed by atoms with Crippen molar-refractivity contribution in [2.24, 2.45) is 0 Å². The van der Waals surface area contributed by atoms with Crippen molar-refractivity contribution in [3.05, 3.63) is 23.2 Å². The van der Waals surface area contributed by atoms with Crippen LogP contribution in [-0.2, 0) is 10.0 Å². The molecule has 0 aliphatic rings. The number of nitrogens with one attached hydrogen (secondary N) is 1. The lowest BCUT2D eigenvalue weighted by Gasteiger charge is -2.09. The van der Waals surface area contributed by atoms with E-state index in [1.807, 2.05) is 0 Å². The standard InChI is InChI=1S/C14H22ClNO3S/c1-2-3-4-5-6-7-10-20(18,19)16-13-11-12(15)8-9-14(13)17/h8-9,11,16-17H,2-7,10H2,1H3. The van der Waals surface area contributed by atoms with Gasteiger partial charge in [0.2, 0.25) is 10.0 Å². The van der Waals surface area contributed by atoms with Gasteiger partial charge in [0.15, 0.2) is 0 Å². The number of anilines is 1. The first-order valence-corrected chi connectivity index (χ1v) is 8.96. The van der Waals surface area contributed by atoms with Gasteiger partial charge in [-0.3, -0.25) is 4.72 Å². The second-order valence-corrected chi connectivity index (χ2v) is 7.13. The summed E-state index contributed by atoms with van der Waals surface area (Å²) in [5.41, 5.74) is 0.128. The number of rotatable bonds is 9. The van der Waals surface area contributed by atoms with Crippen molar-refractivity contribution in [3.8, 4) is 5.75 Å². The Hall–Kier alpha value is -0.940. The highest BCUT2D eigenvalue weighted by Crippen LogP contribution is 2.27. The SMILES string of the molecule is CCCCCCCCS(=O)(=O)Nc1cc(Cl)ccc1O. The minimum absolute atomic E-state index is 0.0606. The first-order chi connectivity index (χ1) is 9.44. The van der Waals surface area contributed by atoms with E-state index < -0.39 is 10.0 Å². The molecule has 0 aliphatic heterocycles. The van der Waals surface area contributed by atoms with Gasteiger partial charge < -0.3 is 5.11 Å². The molecule has 1 aromatic carbocycles. The van der Waals surface area contributed by atoms with Crippen LogP contribution in [0, 0.1) is 0 Å². The van der Waals surface area contributed by atoms with Crippen LogP contribution in [-0.4, -0.2) is 19.3 Å². The van der Waals surface area contributed by atoms with Crippen molar-refractivity contribution < 1.29 is 13.5 Å². The zero-order valence-corrected chi connectivity index (χ0v) is 13.3. The molecular weight excluding hydrogens is 298 g/mol. The molecule has 0 spiro atoms. The number of unbranched alkanes of at least 4 members (excludes halogenated alkanes) is 5. The van der Waals surface area contributed by atoms with Gasteiger partial charge in [0.25, 0.3) is 0 Å². The first-order valence-electron chi connectivity index (χ1n) is 6.93. The maximum Gasteiger partial charge on any atom is 0.232 e. The van der Waals surface area contributed by atoms with Crippen LogP contribution in [0.15, 0.2) is 18.2 Å². The third-order valence-electron chi connectivity index (χ3n) is 2.99. The third kappa shape index (κ3) is 6.48. The van der Waals surface area contributed by atoms with Crippen LogP contribution in [0.1, 0.15) is 45.4 Å². The van der Waals surface area contributed by atoms with E-state index in [0.717, 1.165) is 19.3 Å². The van der Waals surface area contributed by atoms with Gasteiger partial charge in [-0.25, -0.2) is 8.42 Å². The van der Waals surface area contributed by atoms with Crippen LogP contribution < -0.4 is 4.72 Å². The number of halogens is 1. The molecule has 1 rings (SSSR count). The molecule has 0 bridgehead atoms. The number of phenols is 1. The Morgan fingerprint density at radius 1 is 1.15 bits per heavy atom. The van der Waals surface area contributed by atoms with Crippen LogP contribution in [0.5, 0.6) is 5.75 Å². The van der Waals surface area contributed by atoms with Crippen molar-refractivity contribution in [1.29, 1.82) is 0 Å². The second kappa shape index (κ2) is 8.37. The molecule has 0 amide bonds. The Morgan fingerprint density at radius 2 is 1.80 bits per heavy atom. The Bertz CT molecular complexity index is 517. The van der Waals surface area contributed by atoms with Gasteiger partial charge >= 0.3 is 0 Å². The van der Waals surface area contributed by atoms with Crippen molar-refractivity contribution >= 4 is 27.3 Å². The quantitative estimate of drug-likeness (QED) is 0.531. The largest absolute Gasteiger partial charge is 0.506 e. The van der Waals surface area contributed by atoms with Crippen LogP contribution in [0.25, 0.3) is 0 Å². The minimum atomic E-state index is -3.44. The predicted molar refractivity (Wildman–Crippen MR) is 83.9 cm³/mol. The average Bonchev–Trinajstić information content (AvgIpc) is 2.38. The summed E-state index contributed by atoms with van der Waals surface area (Å²) < 4.78 is 26.1. The molecule has 20 heavy (non-hydrogen) atoms. The molecule has 0 radical (unpaired) electrons. The van der Waals surface area contributed by atoms with E-state index in [4.69, 9.17) is 11.6 Å². The molecule has 1 aromatic rings. The monoisotopic (exact) mass is 319 g/mol. The maximum atomic E-state index is 11.9. The van der Waals surface area contributed by atoms with E-state index in [1.165, 1.54) is 31.0 Å². The maximum absolute atomic E-state index is 11.9. The van der Waals surface area contributed by atoms with Gasteiger partial charge in [-0.2, -0.15) is 0 Å². The Labute approximate surface area is 126 Å². The van der Waals surface area contributed by atoms with Crippen molar-refractivity contribution in [3.63, 3.8) is 0 Å². The highest BCUT2D eigenvalue weighted by molar-refractivity contribution is 7.92. The number of aromatic hydroxyl groups is 1. The molecule has 0 aliphatic carbocycles. The van der Waals surface area contributed by atoms with E-state index in [2.05, 4.69) is 11.6 Å². The van der Waals surface area contributed by atoms with Crippen LogP contribution in [0.4, 0.5) is 5.69 Å². The number of hydrogen-bond acceptors (Lipinski definition) is 3. The third-order valence-corrected chi connectivity index (χ3v) is 4.58. The first kappa shape index (κ1) is 17.1. The van der Waals surface area contributed by atoms with Gasteiger partial charge in [0.1, 0.15) is 5.75 Å². The lowest BCUT2D eigenvalue weighted by Crippen LogP contribution is -2.16. The van der Waals surface area contributed by atoms with Gasteiger partial charge in [-0.05, 0) is 24.6 Å². The van der Waals surface area contributed by atoms with Crippen LogP contribution in [0.2, 0.25) is 5.02 Å². The highest BCUT2D eigenvalue weighted by atomic mass is 35.5. The average molecular weight is 320 g/mol. The molecule has 0 saturated carbocycles. The fourth-order valence-electron chi connectivity index (χ4n) is 1.88. The van der Waals surface area contributed by atoms with Gasteiger partial charge in [-0.15, -0.1) is 0 Å². The number of hydrogen-bond donors (Lipinski definition) is 2. The smallest absolute Gasteiger partial charge is 0.232 e. The zero-order chi connectivity index (χ0) is 15.0. The molecule has 0 unspecified atom stereocenters. The van der Waals surface area contributed by atoms with Crippen molar-refractivity contribution in [1.82, 2.24) is 0 Å². The van der Waals surface area contributed by atoms with Crippen molar-refractivity contribution in [2.75, 3.05) is 10.5 Å². The molecule has 114 valence electrons. The molecule has 0 atom stereocenters. The number of phenolic OH excluding ortho intramolecular Hbond substituents is 1. The fourth-order valence-corrected chi connectivity index (χ4v) is 3.24. The summed E-state index contributed by atoms with van der Waals surface area (Å²) in [6.45, 7) is 2.14. The molecule has 2 N–H and O–H groups in total. The van der Waals surface area contributed by atoms with Crippen LogP contribution in [0.3, 0.4) is 0 Å². The lowest BCUT2D eigenvalue weighted by atomic mass is 10.1. The molecule has 4 nitrogen and oxygen atoms in total. The molecule has 0 saturated heterocycles. The predicted octanol–water partition coefficient (Wildman–Crippen LogP) is 4.15. The molecule has 0 aromatic heterocycles. The summed E-state index contributed by atoms with van der Waals surface area (Å²) in [6.07, 6.45) is 6.11. The highest BCUT2D eigenvalue weighted by Gasteiger charge is 2.12. The van der Waals surface area contributed by atoms with Crippen molar-refractivity contribution in [2.45, 2.75) is 45.4 Å². The Morgan fingerprint density at radius 3 is 2.50 bits per heavy atom. The van der Waals surface area contributed by atoms with Gasteiger partial charge in [0, 0.05) is 5.02 Å². The van der Waals surface area contributed by atoms with E-state index in [-0.39, 0.29) is 17.2 Å². The van der Waals surface area contributed by atoms with Gasteiger partial charge in [-0.1, -0.05) is 50.6 Å². The summed E-state index contributed by atoms with van der Waals surface area (Å²) in [4.78, 5) is 0. The summed E-state index contributed by atoms with van der Waals surface area (Å²) in [7, 11) is -3.44. The Kier molecular flexibility index (Phi) is 7.16.